The summed E-state index contributed by atoms with van der Waals surface area (Å²) in [5.74, 6) is 0. The molecule has 0 radical (unpaired) electrons. The summed E-state index contributed by atoms with van der Waals surface area (Å²) in [6, 6.07) is 1.30. The molecule has 0 bridgehead atoms. The molecule has 62 valence electrons. The van der Waals surface area contributed by atoms with Gasteiger partial charge in [0.05, 0.1) is 9.82 Å². The highest BCUT2D eigenvalue weighted by molar-refractivity contribution is 8.04. The van der Waals surface area contributed by atoms with Gasteiger partial charge < -0.3 is 5.73 Å². The van der Waals surface area contributed by atoms with E-state index in [-0.39, 0.29) is 5.00 Å². The van der Waals surface area contributed by atoms with E-state index in [0.717, 1.165) is 23.1 Å². The standard InChI is InChI=1S/C5H3N3O2S2/c6-2-11-3-1-4(8(9)10)12-5(3)7/h1H,7H2. The van der Waals surface area contributed by atoms with Crippen molar-refractivity contribution >= 4 is 33.1 Å². The number of rotatable bonds is 2. The molecule has 5 nitrogen and oxygen atoms in total. The Morgan fingerprint density at radius 3 is 2.92 bits per heavy atom. The van der Waals surface area contributed by atoms with Crippen LogP contribution in [0.25, 0.3) is 0 Å². The lowest BCUT2D eigenvalue weighted by Crippen LogP contribution is -1.80. The monoisotopic (exact) mass is 201 g/mol. The highest BCUT2D eigenvalue weighted by atomic mass is 32.2. The van der Waals surface area contributed by atoms with Crippen LogP contribution in [-0.2, 0) is 0 Å². The van der Waals surface area contributed by atoms with E-state index in [1.165, 1.54) is 6.07 Å². The van der Waals surface area contributed by atoms with Crippen molar-refractivity contribution in [3.8, 4) is 5.40 Å². The molecule has 1 aromatic rings. The second kappa shape index (κ2) is 3.42. The Kier molecular flexibility index (Phi) is 2.52. The van der Waals surface area contributed by atoms with Gasteiger partial charge in [0.2, 0.25) is 0 Å². The summed E-state index contributed by atoms with van der Waals surface area (Å²) in [5.41, 5.74) is 5.41. The summed E-state index contributed by atoms with van der Waals surface area (Å²) in [7, 11) is 0. The molecule has 0 aliphatic carbocycles. The zero-order valence-corrected chi connectivity index (χ0v) is 7.32. The molecular weight excluding hydrogens is 198 g/mol. The predicted octanol–water partition coefficient (Wildman–Crippen LogP) is 1.81. The van der Waals surface area contributed by atoms with Crippen molar-refractivity contribution in [3.63, 3.8) is 0 Å². The Hall–Kier alpha value is -1.26. The number of thioether (sulfide) groups is 1. The summed E-state index contributed by atoms with van der Waals surface area (Å²) in [4.78, 5) is 10.2. The fourth-order valence-electron chi connectivity index (χ4n) is 0.595. The fraction of sp³-hybridized carbons (Fsp3) is 0. The number of nitro groups is 1. The Labute approximate surface area is 75.9 Å². The summed E-state index contributed by atoms with van der Waals surface area (Å²) < 4.78 is 0. The van der Waals surface area contributed by atoms with E-state index in [4.69, 9.17) is 11.0 Å². The number of thiophene rings is 1. The SMILES string of the molecule is N#CSc1cc([N+](=O)[O-])sc1N. The van der Waals surface area contributed by atoms with E-state index in [1.807, 2.05) is 0 Å². The van der Waals surface area contributed by atoms with E-state index in [0.29, 0.717) is 9.90 Å². The van der Waals surface area contributed by atoms with E-state index >= 15 is 0 Å². The summed E-state index contributed by atoms with van der Waals surface area (Å²) in [5, 5.41) is 20.6. The van der Waals surface area contributed by atoms with Crippen LogP contribution in [0.15, 0.2) is 11.0 Å². The number of hydrogen-bond donors (Lipinski definition) is 1. The van der Waals surface area contributed by atoms with Gasteiger partial charge in [-0.3, -0.25) is 10.1 Å². The second-order valence-electron chi connectivity index (χ2n) is 1.76. The van der Waals surface area contributed by atoms with E-state index in [2.05, 4.69) is 0 Å². The molecule has 12 heavy (non-hydrogen) atoms. The number of hydrogen-bond acceptors (Lipinski definition) is 6. The Morgan fingerprint density at radius 2 is 2.50 bits per heavy atom. The molecule has 0 saturated heterocycles. The molecule has 0 spiro atoms. The first-order valence-electron chi connectivity index (χ1n) is 2.74. The quantitative estimate of drug-likeness (QED) is 0.341. The Bertz CT molecular complexity index is 354. The minimum Gasteiger partial charge on any atom is -0.389 e. The van der Waals surface area contributed by atoms with E-state index < -0.39 is 4.92 Å². The molecule has 0 saturated carbocycles. The topological polar surface area (TPSA) is 92.9 Å². The Balaban J connectivity index is 3.02. The maximum Gasteiger partial charge on any atom is 0.327 e. The van der Waals surface area contributed by atoms with Crippen molar-refractivity contribution < 1.29 is 4.92 Å². The van der Waals surface area contributed by atoms with Crippen LogP contribution in [0.3, 0.4) is 0 Å². The van der Waals surface area contributed by atoms with Crippen LogP contribution in [-0.4, -0.2) is 4.92 Å². The molecule has 1 rings (SSSR count). The van der Waals surface area contributed by atoms with Gasteiger partial charge in [-0.05, 0) is 23.1 Å². The van der Waals surface area contributed by atoms with Crippen molar-refractivity contribution in [2.24, 2.45) is 0 Å². The van der Waals surface area contributed by atoms with Gasteiger partial charge in [0.1, 0.15) is 10.4 Å². The zero-order chi connectivity index (χ0) is 9.14. The molecule has 0 aromatic carbocycles. The average molecular weight is 201 g/mol. The highest BCUT2D eigenvalue weighted by Crippen LogP contribution is 2.36. The summed E-state index contributed by atoms with van der Waals surface area (Å²) in [6.45, 7) is 0. The largest absolute Gasteiger partial charge is 0.389 e. The number of nitriles is 1. The van der Waals surface area contributed by atoms with Crippen LogP contribution in [0.2, 0.25) is 0 Å². The third-order valence-corrected chi connectivity index (χ3v) is 2.74. The third-order valence-electron chi connectivity index (χ3n) is 1.05. The number of anilines is 1. The molecule has 0 unspecified atom stereocenters. The first-order valence-corrected chi connectivity index (χ1v) is 4.38. The zero-order valence-electron chi connectivity index (χ0n) is 5.68. The lowest BCUT2D eigenvalue weighted by Gasteiger charge is -1.84. The van der Waals surface area contributed by atoms with Crippen molar-refractivity contribution in [1.29, 1.82) is 5.26 Å². The highest BCUT2D eigenvalue weighted by Gasteiger charge is 2.14. The molecule has 7 heteroatoms. The van der Waals surface area contributed by atoms with Gasteiger partial charge in [0.25, 0.3) is 0 Å². The molecule has 0 fully saturated rings. The molecular formula is C5H3N3O2S2. The van der Waals surface area contributed by atoms with E-state index in [1.54, 1.807) is 5.40 Å². The lowest BCUT2D eigenvalue weighted by atomic mass is 10.6. The summed E-state index contributed by atoms with van der Waals surface area (Å²) in [6.07, 6.45) is 0. The maximum atomic E-state index is 10.2. The van der Waals surface area contributed by atoms with Crippen LogP contribution in [0.5, 0.6) is 0 Å². The van der Waals surface area contributed by atoms with E-state index in [9.17, 15) is 10.1 Å². The minimum absolute atomic E-state index is 0.0368. The van der Waals surface area contributed by atoms with Gasteiger partial charge in [-0.2, -0.15) is 5.26 Å². The normalized spacial score (nSPS) is 9.25. The van der Waals surface area contributed by atoms with Gasteiger partial charge in [0, 0.05) is 6.07 Å². The number of nitrogens with two attached hydrogens (primary N) is 1. The van der Waals surface area contributed by atoms with Crippen LogP contribution >= 0.6 is 23.1 Å². The summed E-state index contributed by atoms with van der Waals surface area (Å²) >= 11 is 1.70. The van der Waals surface area contributed by atoms with Crippen LogP contribution in [0.4, 0.5) is 10.0 Å². The first kappa shape index (κ1) is 8.83. The lowest BCUT2D eigenvalue weighted by molar-refractivity contribution is -0.380. The first-order chi connectivity index (χ1) is 5.65. The van der Waals surface area contributed by atoms with Crippen molar-refractivity contribution in [2.75, 3.05) is 5.73 Å². The van der Waals surface area contributed by atoms with Gasteiger partial charge in [-0.15, -0.1) is 0 Å². The van der Waals surface area contributed by atoms with Gasteiger partial charge in [-0.1, -0.05) is 0 Å². The molecule has 0 amide bonds. The Morgan fingerprint density at radius 1 is 1.83 bits per heavy atom. The second-order valence-corrected chi connectivity index (χ2v) is 3.65. The third kappa shape index (κ3) is 1.66. The maximum absolute atomic E-state index is 10.2. The molecule has 0 aliphatic heterocycles. The van der Waals surface area contributed by atoms with Gasteiger partial charge >= 0.3 is 5.00 Å². The van der Waals surface area contributed by atoms with Crippen LogP contribution in [0.1, 0.15) is 0 Å². The molecule has 0 atom stereocenters. The van der Waals surface area contributed by atoms with Crippen molar-refractivity contribution in [1.82, 2.24) is 0 Å². The average Bonchev–Trinajstić information content (AvgIpc) is 2.34. The van der Waals surface area contributed by atoms with Crippen LogP contribution in [0, 0.1) is 20.8 Å². The minimum atomic E-state index is -0.525. The predicted molar refractivity (Wildman–Crippen MR) is 46.9 cm³/mol. The van der Waals surface area contributed by atoms with Crippen molar-refractivity contribution in [3.05, 3.63) is 16.2 Å². The molecule has 1 aromatic heterocycles. The molecule has 2 N–H and O–H groups in total. The van der Waals surface area contributed by atoms with Crippen molar-refractivity contribution in [2.45, 2.75) is 4.90 Å². The number of nitrogens with zero attached hydrogens (tertiary/aromatic N) is 2. The molecule has 0 aliphatic rings. The van der Waals surface area contributed by atoms with Gasteiger partial charge in [-0.25, -0.2) is 0 Å². The number of nitrogen functional groups attached to an aromatic ring is 1. The fourth-order valence-corrected chi connectivity index (χ4v) is 1.92. The molecule has 1 heterocycles. The smallest absolute Gasteiger partial charge is 0.327 e. The number of thiocyanates is 1. The van der Waals surface area contributed by atoms with Crippen LogP contribution < -0.4 is 5.73 Å². The van der Waals surface area contributed by atoms with Gasteiger partial charge in [0.15, 0.2) is 0 Å².